The Hall–Kier alpha value is -0.210. The highest BCUT2D eigenvalue weighted by Gasteiger charge is 2.33. The molecule has 0 spiro atoms. The van der Waals surface area contributed by atoms with Gasteiger partial charge in [0.05, 0.1) is 11.9 Å². The normalized spacial score (nSPS) is 27.2. The molecule has 0 unspecified atom stereocenters. The SMILES string of the molecule is CS(=O)(=O)N1CCN(CC2(O)CCNCC2)CC1. The van der Waals surface area contributed by atoms with E-state index >= 15 is 0 Å². The molecule has 7 heteroatoms. The zero-order valence-corrected chi connectivity index (χ0v) is 11.7. The van der Waals surface area contributed by atoms with Crippen LogP contribution in [0, 0.1) is 0 Å². The van der Waals surface area contributed by atoms with Crippen LogP contribution in [-0.2, 0) is 10.0 Å². The summed E-state index contributed by atoms with van der Waals surface area (Å²) >= 11 is 0. The molecule has 106 valence electrons. The fraction of sp³-hybridized carbons (Fsp3) is 1.00. The van der Waals surface area contributed by atoms with Crippen LogP contribution in [0.4, 0.5) is 0 Å². The molecule has 0 saturated carbocycles. The Kier molecular flexibility index (Phi) is 4.28. The summed E-state index contributed by atoms with van der Waals surface area (Å²) in [6.45, 7) is 4.87. The maximum atomic E-state index is 11.4. The third-order valence-corrected chi connectivity index (χ3v) is 5.16. The molecule has 0 aromatic heterocycles. The van der Waals surface area contributed by atoms with Crippen LogP contribution in [0.1, 0.15) is 12.8 Å². The number of β-amino-alcohol motifs (C(OH)–C–C–N with tert-alkyl or cyclic N) is 1. The highest BCUT2D eigenvalue weighted by molar-refractivity contribution is 7.88. The monoisotopic (exact) mass is 277 g/mol. The van der Waals surface area contributed by atoms with Crippen molar-refractivity contribution >= 4 is 10.0 Å². The van der Waals surface area contributed by atoms with Crippen molar-refractivity contribution in [3.05, 3.63) is 0 Å². The van der Waals surface area contributed by atoms with E-state index in [0.717, 1.165) is 25.9 Å². The Balaban J connectivity index is 1.83. The van der Waals surface area contributed by atoms with Crippen molar-refractivity contribution in [3.63, 3.8) is 0 Å². The summed E-state index contributed by atoms with van der Waals surface area (Å²) in [5.74, 6) is 0. The van der Waals surface area contributed by atoms with Gasteiger partial charge < -0.3 is 10.4 Å². The minimum atomic E-state index is -3.06. The number of aliphatic hydroxyl groups is 1. The van der Waals surface area contributed by atoms with Gasteiger partial charge in [0.25, 0.3) is 0 Å². The van der Waals surface area contributed by atoms with Crippen molar-refractivity contribution in [2.75, 3.05) is 52.1 Å². The molecule has 0 amide bonds. The average molecular weight is 277 g/mol. The van der Waals surface area contributed by atoms with Gasteiger partial charge in [-0.05, 0) is 25.9 Å². The quantitative estimate of drug-likeness (QED) is 0.669. The largest absolute Gasteiger partial charge is 0.388 e. The molecule has 2 fully saturated rings. The first-order chi connectivity index (χ1) is 8.39. The fourth-order valence-corrected chi connectivity index (χ4v) is 3.51. The molecule has 2 heterocycles. The van der Waals surface area contributed by atoms with E-state index in [4.69, 9.17) is 0 Å². The van der Waals surface area contributed by atoms with Crippen LogP contribution < -0.4 is 5.32 Å². The van der Waals surface area contributed by atoms with Crippen molar-refractivity contribution in [3.8, 4) is 0 Å². The summed E-state index contributed by atoms with van der Waals surface area (Å²) in [4.78, 5) is 2.17. The Morgan fingerprint density at radius 1 is 1.17 bits per heavy atom. The van der Waals surface area contributed by atoms with Gasteiger partial charge in [0, 0.05) is 32.7 Å². The summed E-state index contributed by atoms with van der Waals surface area (Å²) in [6, 6.07) is 0. The summed E-state index contributed by atoms with van der Waals surface area (Å²) in [5, 5.41) is 13.7. The minimum absolute atomic E-state index is 0.535. The van der Waals surface area contributed by atoms with Gasteiger partial charge in [0.15, 0.2) is 0 Å². The second-order valence-corrected chi connectivity index (χ2v) is 7.39. The molecule has 2 N–H and O–H groups in total. The molecule has 0 aromatic carbocycles. The van der Waals surface area contributed by atoms with Crippen LogP contribution in [0.2, 0.25) is 0 Å². The first-order valence-corrected chi connectivity index (χ1v) is 8.34. The van der Waals surface area contributed by atoms with Gasteiger partial charge in [-0.3, -0.25) is 4.90 Å². The van der Waals surface area contributed by atoms with Gasteiger partial charge in [-0.1, -0.05) is 0 Å². The highest BCUT2D eigenvalue weighted by atomic mass is 32.2. The molecule has 6 nitrogen and oxygen atoms in total. The number of piperidine rings is 1. The number of hydrogen-bond donors (Lipinski definition) is 2. The lowest BCUT2D eigenvalue weighted by Gasteiger charge is -2.40. The Labute approximate surface area is 109 Å². The van der Waals surface area contributed by atoms with E-state index in [2.05, 4.69) is 10.2 Å². The first-order valence-electron chi connectivity index (χ1n) is 6.50. The summed E-state index contributed by atoms with van der Waals surface area (Å²) in [6.07, 6.45) is 2.81. The Morgan fingerprint density at radius 2 is 1.72 bits per heavy atom. The molecule has 2 aliphatic rings. The molecule has 2 aliphatic heterocycles. The molecule has 0 aliphatic carbocycles. The lowest BCUT2D eigenvalue weighted by molar-refractivity contribution is -0.0264. The number of piperazine rings is 1. The smallest absolute Gasteiger partial charge is 0.211 e. The number of hydrogen-bond acceptors (Lipinski definition) is 5. The van der Waals surface area contributed by atoms with Crippen LogP contribution in [-0.4, -0.2) is 80.4 Å². The van der Waals surface area contributed by atoms with Crippen molar-refractivity contribution in [2.24, 2.45) is 0 Å². The van der Waals surface area contributed by atoms with E-state index in [-0.39, 0.29) is 0 Å². The van der Waals surface area contributed by atoms with Gasteiger partial charge in [-0.2, -0.15) is 4.31 Å². The van der Waals surface area contributed by atoms with Crippen LogP contribution in [0.25, 0.3) is 0 Å². The predicted molar refractivity (Wildman–Crippen MR) is 69.9 cm³/mol. The molecular formula is C11H23N3O3S. The predicted octanol–water partition coefficient (Wildman–Crippen LogP) is -1.32. The van der Waals surface area contributed by atoms with Crippen LogP contribution in [0.5, 0.6) is 0 Å². The van der Waals surface area contributed by atoms with E-state index in [1.54, 1.807) is 0 Å². The first kappa shape index (κ1) is 14.2. The average Bonchev–Trinajstić information content (AvgIpc) is 2.29. The fourth-order valence-electron chi connectivity index (χ4n) is 2.69. The van der Waals surface area contributed by atoms with E-state index in [0.29, 0.717) is 32.7 Å². The molecule has 0 aromatic rings. The van der Waals surface area contributed by atoms with Crippen molar-refractivity contribution in [2.45, 2.75) is 18.4 Å². The van der Waals surface area contributed by atoms with E-state index < -0.39 is 15.6 Å². The van der Waals surface area contributed by atoms with E-state index in [1.165, 1.54) is 10.6 Å². The van der Waals surface area contributed by atoms with E-state index in [9.17, 15) is 13.5 Å². The minimum Gasteiger partial charge on any atom is -0.388 e. The molecule has 0 atom stereocenters. The van der Waals surface area contributed by atoms with Gasteiger partial charge in [0.2, 0.25) is 10.0 Å². The topological polar surface area (TPSA) is 72.9 Å². The Bertz CT molecular complexity index is 371. The number of rotatable bonds is 3. The zero-order valence-electron chi connectivity index (χ0n) is 10.9. The van der Waals surface area contributed by atoms with Gasteiger partial charge in [-0.15, -0.1) is 0 Å². The van der Waals surface area contributed by atoms with Crippen molar-refractivity contribution in [1.29, 1.82) is 0 Å². The third-order valence-electron chi connectivity index (χ3n) is 3.85. The number of nitrogens with one attached hydrogen (secondary N) is 1. The van der Waals surface area contributed by atoms with Crippen molar-refractivity contribution < 1.29 is 13.5 Å². The lowest BCUT2D eigenvalue weighted by atomic mass is 9.92. The van der Waals surface area contributed by atoms with Crippen molar-refractivity contribution in [1.82, 2.24) is 14.5 Å². The number of nitrogens with zero attached hydrogens (tertiary/aromatic N) is 2. The van der Waals surface area contributed by atoms with Crippen LogP contribution in [0.3, 0.4) is 0 Å². The molecular weight excluding hydrogens is 254 g/mol. The van der Waals surface area contributed by atoms with Crippen LogP contribution in [0.15, 0.2) is 0 Å². The molecule has 2 saturated heterocycles. The summed E-state index contributed by atoms with van der Waals surface area (Å²) in [7, 11) is -3.06. The maximum Gasteiger partial charge on any atom is 0.211 e. The molecule has 18 heavy (non-hydrogen) atoms. The number of sulfonamides is 1. The third kappa shape index (κ3) is 3.64. The van der Waals surface area contributed by atoms with Gasteiger partial charge in [0.1, 0.15) is 0 Å². The molecule has 2 rings (SSSR count). The summed E-state index contributed by atoms with van der Waals surface area (Å²) in [5.41, 5.74) is -0.599. The van der Waals surface area contributed by atoms with Crippen LogP contribution >= 0.6 is 0 Å². The van der Waals surface area contributed by atoms with Gasteiger partial charge in [-0.25, -0.2) is 8.42 Å². The second kappa shape index (κ2) is 5.42. The standard InChI is InChI=1S/C11H23N3O3S/c1-18(16,17)14-8-6-13(7-9-14)10-11(15)2-4-12-5-3-11/h12,15H,2-10H2,1H3. The Morgan fingerprint density at radius 3 is 2.22 bits per heavy atom. The second-order valence-electron chi connectivity index (χ2n) is 5.41. The highest BCUT2D eigenvalue weighted by Crippen LogP contribution is 2.20. The lowest BCUT2D eigenvalue weighted by Crippen LogP contribution is -2.55. The van der Waals surface area contributed by atoms with E-state index in [1.807, 2.05) is 0 Å². The zero-order chi connectivity index (χ0) is 13.2. The van der Waals surface area contributed by atoms with Gasteiger partial charge >= 0.3 is 0 Å². The maximum absolute atomic E-state index is 11.4. The molecule has 0 bridgehead atoms. The molecule has 0 radical (unpaired) electrons. The summed E-state index contributed by atoms with van der Waals surface area (Å²) < 4.78 is 24.3.